The molecule has 0 aliphatic carbocycles. The van der Waals surface area contributed by atoms with Gasteiger partial charge >= 0.3 is 5.76 Å². The average Bonchev–Trinajstić information content (AvgIpc) is 3.12. The topological polar surface area (TPSA) is 110 Å². The molecule has 0 bridgehead atoms. The van der Waals surface area contributed by atoms with E-state index in [-0.39, 0.29) is 18.0 Å². The minimum absolute atomic E-state index is 0.149. The molecule has 34 heavy (non-hydrogen) atoms. The lowest BCUT2D eigenvalue weighted by Gasteiger charge is -2.10. The Labute approximate surface area is 192 Å². The summed E-state index contributed by atoms with van der Waals surface area (Å²) in [5.41, 5.74) is 1.76. The highest BCUT2D eigenvalue weighted by molar-refractivity contribution is 7.92. The van der Waals surface area contributed by atoms with Crippen molar-refractivity contribution >= 4 is 38.4 Å². The van der Waals surface area contributed by atoms with E-state index in [0.29, 0.717) is 35.8 Å². The van der Waals surface area contributed by atoms with Gasteiger partial charge in [-0.15, -0.1) is 0 Å². The molecule has 2 N–H and O–H groups in total. The van der Waals surface area contributed by atoms with Crippen LogP contribution in [0.5, 0.6) is 0 Å². The number of nitrogens with one attached hydrogen (secondary N) is 2. The van der Waals surface area contributed by atoms with E-state index in [1.54, 1.807) is 24.3 Å². The van der Waals surface area contributed by atoms with Gasteiger partial charge in [0, 0.05) is 24.3 Å². The molecule has 0 spiro atoms. The fourth-order valence-corrected chi connectivity index (χ4v) is 4.40. The number of amides is 1. The second-order valence-electron chi connectivity index (χ2n) is 7.40. The maximum Gasteiger partial charge on any atom is 0.419 e. The summed E-state index contributed by atoms with van der Waals surface area (Å²) in [5, 5.41) is 2.69. The number of oxazole rings is 1. The first-order valence-electron chi connectivity index (χ1n) is 10.2. The van der Waals surface area contributed by atoms with Crippen molar-refractivity contribution in [3.63, 3.8) is 0 Å². The summed E-state index contributed by atoms with van der Waals surface area (Å²) < 4.78 is 60.0. The smallest absolute Gasteiger partial charge is 0.408 e. The number of anilines is 2. The van der Waals surface area contributed by atoms with Gasteiger partial charge in [-0.1, -0.05) is 12.1 Å². The fourth-order valence-electron chi connectivity index (χ4n) is 3.33. The number of aromatic nitrogens is 1. The summed E-state index contributed by atoms with van der Waals surface area (Å²) >= 11 is 0. The molecule has 0 aliphatic rings. The Morgan fingerprint density at radius 1 is 0.941 bits per heavy atom. The van der Waals surface area contributed by atoms with E-state index in [2.05, 4.69) is 10.0 Å². The van der Waals surface area contributed by atoms with Gasteiger partial charge in [-0.05, 0) is 61.0 Å². The Morgan fingerprint density at radius 2 is 1.65 bits per heavy atom. The van der Waals surface area contributed by atoms with Crippen LogP contribution >= 0.6 is 0 Å². The molecule has 3 aromatic carbocycles. The third-order valence-electron chi connectivity index (χ3n) is 4.98. The van der Waals surface area contributed by atoms with E-state index < -0.39 is 32.3 Å². The van der Waals surface area contributed by atoms with Crippen molar-refractivity contribution in [3.8, 4) is 0 Å². The van der Waals surface area contributed by atoms with Crippen LogP contribution in [-0.4, -0.2) is 18.9 Å². The van der Waals surface area contributed by atoms with Gasteiger partial charge in [0.15, 0.2) is 17.2 Å². The van der Waals surface area contributed by atoms with Crippen molar-refractivity contribution < 1.29 is 26.4 Å². The molecule has 0 radical (unpaired) electrons. The molecule has 1 amide bonds. The molecule has 0 atom stereocenters. The average molecular weight is 487 g/mol. The minimum atomic E-state index is -4.12. The second kappa shape index (κ2) is 9.48. The quantitative estimate of drug-likeness (QED) is 0.389. The van der Waals surface area contributed by atoms with Gasteiger partial charge in [0.2, 0.25) is 5.91 Å². The first kappa shape index (κ1) is 23.2. The maximum absolute atomic E-state index is 13.4. The number of nitrogens with zero attached hydrogens (tertiary/aromatic N) is 1. The molecule has 0 saturated heterocycles. The van der Waals surface area contributed by atoms with E-state index in [4.69, 9.17) is 4.42 Å². The van der Waals surface area contributed by atoms with Crippen LogP contribution in [-0.2, 0) is 21.4 Å². The van der Waals surface area contributed by atoms with E-state index in [9.17, 15) is 26.8 Å². The molecule has 0 unspecified atom stereocenters. The number of rotatable bonds is 8. The number of sulfonamides is 1. The maximum atomic E-state index is 13.4. The number of carbonyl (C=O) groups excluding carboxylic acids is 1. The van der Waals surface area contributed by atoms with Crippen molar-refractivity contribution in [2.24, 2.45) is 0 Å². The number of fused-ring (bicyclic) bond motifs is 1. The normalized spacial score (nSPS) is 11.5. The van der Waals surface area contributed by atoms with Crippen LogP contribution in [0.3, 0.4) is 0 Å². The van der Waals surface area contributed by atoms with Gasteiger partial charge in [0.05, 0.1) is 10.4 Å². The van der Waals surface area contributed by atoms with Gasteiger partial charge in [-0.2, -0.15) is 0 Å². The number of carbonyl (C=O) groups is 1. The monoisotopic (exact) mass is 487 g/mol. The second-order valence-corrected chi connectivity index (χ2v) is 9.08. The SMILES string of the molecule is O=C(CCCn1c(=O)oc2ccccc21)Nc1ccc(NS(=O)(=O)c2ccc(F)c(F)c2)cc1. The third-order valence-corrected chi connectivity index (χ3v) is 6.36. The van der Waals surface area contributed by atoms with Crippen LogP contribution in [0.2, 0.25) is 0 Å². The van der Waals surface area contributed by atoms with E-state index >= 15 is 0 Å². The predicted molar refractivity (Wildman–Crippen MR) is 122 cm³/mol. The zero-order valence-corrected chi connectivity index (χ0v) is 18.4. The Balaban J connectivity index is 1.32. The molecule has 0 fully saturated rings. The van der Waals surface area contributed by atoms with Crippen LogP contribution in [0.4, 0.5) is 20.2 Å². The highest BCUT2D eigenvalue weighted by Gasteiger charge is 2.17. The number of aryl methyl sites for hydroxylation is 1. The summed E-state index contributed by atoms with van der Waals surface area (Å²) in [7, 11) is -4.12. The van der Waals surface area contributed by atoms with Crippen molar-refractivity contribution in [3.05, 3.63) is 88.9 Å². The molecule has 0 aliphatic heterocycles. The van der Waals surface area contributed by atoms with Gasteiger partial charge in [-0.25, -0.2) is 22.0 Å². The molecular weight excluding hydrogens is 468 g/mol. The lowest BCUT2D eigenvalue weighted by molar-refractivity contribution is -0.116. The van der Waals surface area contributed by atoms with Gasteiger partial charge in [0.1, 0.15) is 0 Å². The Kier molecular flexibility index (Phi) is 6.46. The van der Waals surface area contributed by atoms with E-state index in [1.807, 2.05) is 0 Å². The van der Waals surface area contributed by atoms with Crippen LogP contribution in [0.1, 0.15) is 12.8 Å². The van der Waals surface area contributed by atoms with Crippen LogP contribution in [0, 0.1) is 11.6 Å². The number of halogens is 2. The molecule has 4 aromatic rings. The number of hydrogen-bond donors (Lipinski definition) is 2. The van der Waals surface area contributed by atoms with Gasteiger partial charge < -0.3 is 9.73 Å². The molecule has 1 heterocycles. The Hall–Kier alpha value is -3.99. The van der Waals surface area contributed by atoms with Crippen LogP contribution in [0.15, 0.2) is 80.8 Å². The molecule has 0 saturated carbocycles. The van der Waals surface area contributed by atoms with E-state index in [0.717, 1.165) is 12.1 Å². The zero-order valence-electron chi connectivity index (χ0n) is 17.6. The van der Waals surface area contributed by atoms with Gasteiger partial charge in [-0.3, -0.25) is 14.1 Å². The first-order valence-corrected chi connectivity index (χ1v) is 11.7. The van der Waals surface area contributed by atoms with Crippen molar-refractivity contribution in [1.82, 2.24) is 4.57 Å². The molecule has 4 rings (SSSR count). The highest BCUT2D eigenvalue weighted by atomic mass is 32.2. The predicted octanol–water partition coefficient (Wildman–Crippen LogP) is 4.09. The number of benzene rings is 3. The molecule has 176 valence electrons. The van der Waals surface area contributed by atoms with E-state index in [1.165, 1.54) is 28.8 Å². The highest BCUT2D eigenvalue weighted by Crippen LogP contribution is 2.20. The van der Waals surface area contributed by atoms with Crippen LogP contribution < -0.4 is 15.8 Å². The lowest BCUT2D eigenvalue weighted by atomic mass is 10.2. The lowest BCUT2D eigenvalue weighted by Crippen LogP contribution is -2.17. The standard InChI is InChI=1S/C23H19F2N3O5S/c24-18-12-11-17(14-19(18)25)34(31,32)27-16-9-7-15(8-10-16)26-22(29)6-3-13-28-20-4-1-2-5-21(20)33-23(28)30/h1-2,4-5,7-12,14,27H,3,6,13H2,(H,26,29). The van der Waals surface area contributed by atoms with Crippen molar-refractivity contribution in [1.29, 1.82) is 0 Å². The minimum Gasteiger partial charge on any atom is -0.408 e. The van der Waals surface area contributed by atoms with Crippen LogP contribution in [0.25, 0.3) is 11.1 Å². The molecule has 8 nitrogen and oxygen atoms in total. The van der Waals surface area contributed by atoms with Gasteiger partial charge in [0.25, 0.3) is 10.0 Å². The largest absolute Gasteiger partial charge is 0.419 e. The summed E-state index contributed by atoms with van der Waals surface area (Å²) in [6.45, 7) is 0.313. The third kappa shape index (κ3) is 5.15. The number of para-hydroxylation sites is 2. The first-order chi connectivity index (χ1) is 16.2. The summed E-state index contributed by atoms with van der Waals surface area (Å²) in [5.74, 6) is -3.19. The molecule has 11 heteroatoms. The molecule has 1 aromatic heterocycles. The number of hydrogen-bond acceptors (Lipinski definition) is 5. The summed E-state index contributed by atoms with van der Waals surface area (Å²) in [6.07, 6.45) is 0.553. The Morgan fingerprint density at radius 3 is 2.38 bits per heavy atom. The summed E-state index contributed by atoms with van der Waals surface area (Å²) in [4.78, 5) is 23.8. The molecular formula is C23H19F2N3O5S. The fraction of sp³-hybridized carbons (Fsp3) is 0.130. The van der Waals surface area contributed by atoms with Crippen molar-refractivity contribution in [2.75, 3.05) is 10.0 Å². The van der Waals surface area contributed by atoms with Crippen molar-refractivity contribution in [2.45, 2.75) is 24.3 Å². The Bertz CT molecular complexity index is 1510. The zero-order chi connectivity index (χ0) is 24.3. The summed E-state index contributed by atoms with van der Waals surface area (Å²) in [6, 6.07) is 15.1.